The van der Waals surface area contributed by atoms with E-state index in [9.17, 15) is 9.59 Å². The molecule has 27 heavy (non-hydrogen) atoms. The highest BCUT2D eigenvalue weighted by molar-refractivity contribution is 7.14. The van der Waals surface area contributed by atoms with Crippen molar-refractivity contribution in [2.45, 2.75) is 20.8 Å². The second-order valence-corrected chi connectivity index (χ2v) is 7.83. The minimum Gasteiger partial charge on any atom is -0.465 e. The van der Waals surface area contributed by atoms with Crippen LogP contribution in [0.25, 0.3) is 0 Å². The Labute approximate surface area is 166 Å². The number of nitrogens with zero attached hydrogens (tertiary/aromatic N) is 2. The van der Waals surface area contributed by atoms with E-state index in [-0.39, 0.29) is 13.2 Å². The van der Waals surface area contributed by atoms with Crippen LogP contribution < -0.4 is 5.32 Å². The van der Waals surface area contributed by atoms with Crippen LogP contribution in [0, 0.1) is 12.3 Å². The van der Waals surface area contributed by atoms with Crippen LogP contribution >= 0.6 is 22.9 Å². The van der Waals surface area contributed by atoms with Crippen molar-refractivity contribution in [2.24, 2.45) is 10.5 Å². The largest absolute Gasteiger partial charge is 0.465 e. The van der Waals surface area contributed by atoms with Gasteiger partial charge in [0.2, 0.25) is 0 Å². The Balaban J connectivity index is 1.91. The summed E-state index contributed by atoms with van der Waals surface area (Å²) < 4.78 is 5.25. The van der Waals surface area contributed by atoms with Crippen molar-refractivity contribution in [3.05, 3.63) is 51.9 Å². The topological polar surface area (TPSA) is 71.0 Å². The molecule has 1 aliphatic heterocycles. The highest BCUT2D eigenvalue weighted by Crippen LogP contribution is 2.33. The van der Waals surface area contributed by atoms with E-state index in [1.165, 1.54) is 16.3 Å². The van der Waals surface area contributed by atoms with Crippen LogP contribution in [0.3, 0.4) is 0 Å². The average Bonchev–Trinajstić information content (AvgIpc) is 3.20. The Morgan fingerprint density at radius 1 is 1.37 bits per heavy atom. The molecular formula is C19H20ClN3O3S. The lowest BCUT2D eigenvalue weighted by Crippen LogP contribution is -2.42. The van der Waals surface area contributed by atoms with Crippen molar-refractivity contribution >= 4 is 45.7 Å². The fourth-order valence-electron chi connectivity index (χ4n) is 2.86. The zero-order chi connectivity index (χ0) is 19.6. The molecule has 0 spiro atoms. The molecule has 6 nitrogen and oxygen atoms in total. The molecule has 0 radical (unpaired) electrons. The number of hydrogen-bond acceptors (Lipinski definition) is 5. The molecule has 2 aromatic rings. The molecule has 1 atom stereocenters. The summed E-state index contributed by atoms with van der Waals surface area (Å²) >= 11 is 7.40. The summed E-state index contributed by atoms with van der Waals surface area (Å²) in [6.07, 6.45) is 0. The number of rotatable bonds is 4. The first-order valence-corrected chi connectivity index (χ1v) is 9.75. The van der Waals surface area contributed by atoms with Gasteiger partial charge in [-0.05, 0) is 55.5 Å². The SMILES string of the molecule is CCOC(=O)C1(C)CN(C(=O)Nc2cc(C)cs2)N=C1c1ccc(Cl)cc1. The quantitative estimate of drug-likeness (QED) is 0.759. The van der Waals surface area contributed by atoms with Gasteiger partial charge < -0.3 is 4.74 Å². The van der Waals surface area contributed by atoms with E-state index in [0.29, 0.717) is 10.7 Å². The Hall–Kier alpha value is -2.38. The number of hydrazone groups is 1. The number of ether oxygens (including phenoxy) is 1. The summed E-state index contributed by atoms with van der Waals surface area (Å²) in [5.74, 6) is -0.416. The number of hydrogen-bond donors (Lipinski definition) is 1. The van der Waals surface area contributed by atoms with Crippen LogP contribution in [0.4, 0.5) is 9.80 Å². The molecular weight excluding hydrogens is 386 g/mol. The number of urea groups is 1. The van der Waals surface area contributed by atoms with E-state index < -0.39 is 17.4 Å². The lowest BCUT2D eigenvalue weighted by molar-refractivity contribution is -0.150. The Morgan fingerprint density at radius 3 is 2.67 bits per heavy atom. The van der Waals surface area contributed by atoms with Gasteiger partial charge in [0.25, 0.3) is 0 Å². The van der Waals surface area contributed by atoms with E-state index in [0.717, 1.165) is 16.1 Å². The molecule has 1 unspecified atom stereocenters. The number of benzene rings is 1. The number of anilines is 1. The first-order chi connectivity index (χ1) is 12.8. The summed E-state index contributed by atoms with van der Waals surface area (Å²) in [5.41, 5.74) is 1.21. The normalized spacial score (nSPS) is 19.0. The van der Waals surface area contributed by atoms with Crippen molar-refractivity contribution in [3.8, 4) is 0 Å². The third-order valence-corrected chi connectivity index (χ3v) is 5.46. The standard InChI is InChI=1S/C19H20ClN3O3S/c1-4-26-17(24)19(3)11-23(18(25)21-15-9-12(2)10-27-15)22-16(19)13-5-7-14(20)8-6-13/h5-10H,4,11H2,1-3H3,(H,21,25). The molecule has 3 rings (SSSR count). The van der Waals surface area contributed by atoms with Gasteiger partial charge in [-0.15, -0.1) is 11.3 Å². The summed E-state index contributed by atoms with van der Waals surface area (Å²) in [5, 5.41) is 11.8. The third-order valence-electron chi connectivity index (χ3n) is 4.25. The van der Waals surface area contributed by atoms with Gasteiger partial charge >= 0.3 is 12.0 Å². The number of amides is 2. The Kier molecular flexibility index (Phi) is 5.53. The maximum atomic E-state index is 12.7. The van der Waals surface area contributed by atoms with Gasteiger partial charge in [-0.2, -0.15) is 5.10 Å². The molecule has 2 heterocycles. The van der Waals surface area contributed by atoms with Crippen LogP contribution in [0.2, 0.25) is 5.02 Å². The van der Waals surface area contributed by atoms with Crippen molar-refractivity contribution in [1.29, 1.82) is 0 Å². The molecule has 0 saturated heterocycles. The zero-order valence-electron chi connectivity index (χ0n) is 15.3. The minimum absolute atomic E-state index is 0.0972. The molecule has 0 saturated carbocycles. The molecule has 0 fully saturated rings. The number of nitrogens with one attached hydrogen (secondary N) is 1. The van der Waals surface area contributed by atoms with E-state index in [2.05, 4.69) is 10.4 Å². The second-order valence-electron chi connectivity index (χ2n) is 6.48. The number of carbonyl (C=O) groups is 2. The van der Waals surface area contributed by atoms with Crippen molar-refractivity contribution < 1.29 is 14.3 Å². The highest BCUT2D eigenvalue weighted by atomic mass is 35.5. The van der Waals surface area contributed by atoms with Gasteiger partial charge in [0.15, 0.2) is 0 Å². The first-order valence-electron chi connectivity index (χ1n) is 8.49. The van der Waals surface area contributed by atoms with E-state index in [4.69, 9.17) is 16.3 Å². The molecule has 2 amide bonds. The van der Waals surface area contributed by atoms with E-state index >= 15 is 0 Å². The highest BCUT2D eigenvalue weighted by Gasteiger charge is 2.48. The summed E-state index contributed by atoms with van der Waals surface area (Å²) in [7, 11) is 0. The number of halogens is 1. The maximum absolute atomic E-state index is 12.7. The van der Waals surface area contributed by atoms with Gasteiger partial charge in [0.05, 0.1) is 23.9 Å². The van der Waals surface area contributed by atoms with Gasteiger partial charge in [0, 0.05) is 5.02 Å². The average molecular weight is 406 g/mol. The summed E-state index contributed by atoms with van der Waals surface area (Å²) in [4.78, 5) is 25.3. The second kappa shape index (κ2) is 7.70. The minimum atomic E-state index is -1.06. The number of esters is 1. The van der Waals surface area contributed by atoms with Crippen LogP contribution in [0.1, 0.15) is 25.0 Å². The molecule has 0 bridgehead atoms. The molecule has 1 aromatic heterocycles. The predicted octanol–water partition coefficient (Wildman–Crippen LogP) is 4.53. The number of carbonyl (C=O) groups excluding carboxylic acids is 2. The summed E-state index contributed by atoms with van der Waals surface area (Å²) in [6.45, 7) is 5.79. The molecule has 8 heteroatoms. The van der Waals surface area contributed by atoms with Crippen LogP contribution in [-0.4, -0.2) is 35.9 Å². The molecule has 1 N–H and O–H groups in total. The molecule has 0 aliphatic carbocycles. The van der Waals surface area contributed by atoms with Crippen LogP contribution in [0.15, 0.2) is 40.8 Å². The van der Waals surface area contributed by atoms with Gasteiger partial charge in [-0.25, -0.2) is 9.80 Å². The molecule has 1 aromatic carbocycles. The van der Waals surface area contributed by atoms with Crippen molar-refractivity contribution in [3.63, 3.8) is 0 Å². The fraction of sp³-hybridized carbons (Fsp3) is 0.316. The number of aryl methyl sites for hydroxylation is 1. The Bertz CT molecular complexity index is 894. The maximum Gasteiger partial charge on any atom is 0.342 e. The van der Waals surface area contributed by atoms with Gasteiger partial charge in [-0.1, -0.05) is 23.7 Å². The predicted molar refractivity (Wildman–Crippen MR) is 108 cm³/mol. The summed E-state index contributed by atoms with van der Waals surface area (Å²) in [6, 6.07) is 8.50. The molecule has 142 valence electrons. The van der Waals surface area contributed by atoms with Gasteiger partial charge in [-0.3, -0.25) is 10.1 Å². The van der Waals surface area contributed by atoms with Crippen molar-refractivity contribution in [2.75, 3.05) is 18.5 Å². The van der Waals surface area contributed by atoms with Gasteiger partial charge in [0.1, 0.15) is 5.41 Å². The lowest BCUT2D eigenvalue weighted by atomic mass is 9.82. The van der Waals surface area contributed by atoms with E-state index in [1.54, 1.807) is 38.1 Å². The third kappa shape index (κ3) is 3.99. The van der Waals surface area contributed by atoms with E-state index in [1.807, 2.05) is 18.4 Å². The smallest absolute Gasteiger partial charge is 0.342 e. The monoisotopic (exact) mass is 405 g/mol. The van der Waals surface area contributed by atoms with Crippen LogP contribution in [0.5, 0.6) is 0 Å². The Morgan fingerprint density at radius 2 is 2.07 bits per heavy atom. The zero-order valence-corrected chi connectivity index (χ0v) is 16.9. The first kappa shape index (κ1) is 19.4. The number of thiophene rings is 1. The fourth-order valence-corrected chi connectivity index (χ4v) is 3.77. The molecule has 1 aliphatic rings. The van der Waals surface area contributed by atoms with Crippen molar-refractivity contribution in [1.82, 2.24) is 5.01 Å². The van der Waals surface area contributed by atoms with Crippen LogP contribution in [-0.2, 0) is 9.53 Å². The lowest BCUT2D eigenvalue weighted by Gasteiger charge is -2.24.